The van der Waals surface area contributed by atoms with Gasteiger partial charge in [-0.05, 0) is 63.2 Å². The predicted octanol–water partition coefficient (Wildman–Crippen LogP) is 6.44. The second-order valence-corrected chi connectivity index (χ2v) is 12.5. The van der Waals surface area contributed by atoms with Crippen molar-refractivity contribution in [3.8, 4) is 0 Å². The molecule has 12 heteroatoms. The van der Waals surface area contributed by atoms with Gasteiger partial charge in [-0.2, -0.15) is 0 Å². The molecule has 0 heterocycles. The normalized spacial score (nSPS) is 12.2. The SMILES string of the molecule is CC(C)NC(=O)[C@@H](C)N(Cc1c(Cl)cccc1Cl)C(=O)CN(c1ccc(Cl)cc1Cl)S(=O)(=O)c1ccccc1. The number of rotatable bonds is 10. The molecule has 0 saturated heterocycles. The molecule has 0 aliphatic heterocycles. The first kappa shape index (κ1) is 31.0. The number of halogens is 4. The van der Waals surface area contributed by atoms with E-state index in [1.165, 1.54) is 35.2 Å². The highest BCUT2D eigenvalue weighted by molar-refractivity contribution is 7.92. The Balaban J connectivity index is 2.09. The van der Waals surface area contributed by atoms with E-state index in [0.717, 1.165) is 4.31 Å². The average Bonchev–Trinajstić information content (AvgIpc) is 2.87. The van der Waals surface area contributed by atoms with Crippen LogP contribution in [0.4, 0.5) is 5.69 Å². The lowest BCUT2D eigenvalue weighted by Gasteiger charge is -2.33. The molecular formula is C27H27Cl4N3O4S. The molecule has 1 atom stereocenters. The first-order valence-corrected chi connectivity index (χ1v) is 14.8. The summed E-state index contributed by atoms with van der Waals surface area (Å²) < 4.78 is 28.5. The Hall–Kier alpha value is -2.49. The van der Waals surface area contributed by atoms with Crippen molar-refractivity contribution in [2.75, 3.05) is 10.8 Å². The fourth-order valence-electron chi connectivity index (χ4n) is 3.76. The van der Waals surface area contributed by atoms with Crippen LogP contribution in [0.25, 0.3) is 0 Å². The molecule has 2 amide bonds. The van der Waals surface area contributed by atoms with E-state index in [1.54, 1.807) is 57.2 Å². The topological polar surface area (TPSA) is 86.8 Å². The number of nitrogens with one attached hydrogen (secondary N) is 1. The van der Waals surface area contributed by atoms with Crippen LogP contribution in [0, 0.1) is 0 Å². The number of sulfonamides is 1. The van der Waals surface area contributed by atoms with Crippen molar-refractivity contribution in [3.05, 3.63) is 92.4 Å². The van der Waals surface area contributed by atoms with E-state index in [4.69, 9.17) is 46.4 Å². The van der Waals surface area contributed by atoms with E-state index in [-0.39, 0.29) is 28.2 Å². The highest BCUT2D eigenvalue weighted by Crippen LogP contribution is 2.33. The van der Waals surface area contributed by atoms with Gasteiger partial charge in [0.15, 0.2) is 0 Å². The average molecular weight is 631 g/mol. The van der Waals surface area contributed by atoms with Crippen LogP contribution in [-0.4, -0.2) is 43.8 Å². The Morgan fingerprint density at radius 3 is 2.03 bits per heavy atom. The lowest BCUT2D eigenvalue weighted by molar-refractivity contribution is -0.139. The maximum atomic E-state index is 13.9. The van der Waals surface area contributed by atoms with Crippen LogP contribution in [-0.2, 0) is 26.2 Å². The Bertz CT molecular complexity index is 1430. The van der Waals surface area contributed by atoms with Crippen LogP contribution in [0.15, 0.2) is 71.6 Å². The minimum Gasteiger partial charge on any atom is -0.352 e. The Morgan fingerprint density at radius 1 is 0.846 bits per heavy atom. The number of anilines is 1. The molecule has 0 spiro atoms. The van der Waals surface area contributed by atoms with E-state index < -0.39 is 34.4 Å². The van der Waals surface area contributed by atoms with Gasteiger partial charge >= 0.3 is 0 Å². The van der Waals surface area contributed by atoms with Crippen molar-refractivity contribution < 1.29 is 18.0 Å². The van der Waals surface area contributed by atoms with Crippen molar-refractivity contribution in [2.24, 2.45) is 0 Å². The Morgan fingerprint density at radius 2 is 1.46 bits per heavy atom. The fourth-order valence-corrected chi connectivity index (χ4v) is 6.29. The van der Waals surface area contributed by atoms with Crippen LogP contribution in [0.2, 0.25) is 20.1 Å². The summed E-state index contributed by atoms with van der Waals surface area (Å²) in [5.74, 6) is -1.11. The summed E-state index contributed by atoms with van der Waals surface area (Å²) in [6, 6.07) is 15.6. The zero-order chi connectivity index (χ0) is 28.9. The minimum absolute atomic E-state index is 0.0288. The largest absolute Gasteiger partial charge is 0.352 e. The monoisotopic (exact) mass is 629 g/mol. The van der Waals surface area contributed by atoms with Crippen molar-refractivity contribution in [3.63, 3.8) is 0 Å². The van der Waals surface area contributed by atoms with Crippen LogP contribution < -0.4 is 9.62 Å². The zero-order valence-electron chi connectivity index (χ0n) is 21.4. The number of carbonyl (C=O) groups is 2. The van der Waals surface area contributed by atoms with Crippen LogP contribution in [0.5, 0.6) is 0 Å². The smallest absolute Gasteiger partial charge is 0.264 e. The molecule has 0 aromatic heterocycles. The summed E-state index contributed by atoms with van der Waals surface area (Å²) in [7, 11) is -4.27. The van der Waals surface area contributed by atoms with Crippen LogP contribution >= 0.6 is 46.4 Å². The summed E-state index contributed by atoms with van der Waals surface area (Å²) in [6.07, 6.45) is 0. The van der Waals surface area contributed by atoms with E-state index >= 15 is 0 Å². The third-order valence-corrected chi connectivity index (χ3v) is 8.80. The molecule has 0 unspecified atom stereocenters. The first-order valence-electron chi connectivity index (χ1n) is 11.9. The minimum atomic E-state index is -4.27. The van der Waals surface area contributed by atoms with E-state index in [9.17, 15) is 18.0 Å². The van der Waals surface area contributed by atoms with Gasteiger partial charge < -0.3 is 10.2 Å². The molecule has 3 aromatic carbocycles. The molecule has 39 heavy (non-hydrogen) atoms. The molecule has 3 rings (SSSR count). The van der Waals surface area contributed by atoms with Gasteiger partial charge in [-0.1, -0.05) is 70.7 Å². The van der Waals surface area contributed by atoms with E-state index in [1.807, 2.05) is 0 Å². The van der Waals surface area contributed by atoms with Gasteiger partial charge in [0.2, 0.25) is 11.8 Å². The number of benzene rings is 3. The number of hydrogen-bond donors (Lipinski definition) is 1. The van der Waals surface area contributed by atoms with Gasteiger partial charge in [-0.3, -0.25) is 13.9 Å². The molecule has 0 radical (unpaired) electrons. The molecule has 0 aliphatic rings. The second kappa shape index (κ2) is 13.2. The Kier molecular flexibility index (Phi) is 10.5. The lowest BCUT2D eigenvalue weighted by Crippen LogP contribution is -2.52. The second-order valence-electron chi connectivity index (χ2n) is 8.98. The molecule has 0 bridgehead atoms. The van der Waals surface area contributed by atoms with Crippen molar-refractivity contribution >= 4 is 73.9 Å². The molecule has 3 aromatic rings. The molecule has 7 nitrogen and oxygen atoms in total. The Labute approximate surface area is 248 Å². The lowest BCUT2D eigenvalue weighted by atomic mass is 10.1. The predicted molar refractivity (Wildman–Crippen MR) is 157 cm³/mol. The summed E-state index contributed by atoms with van der Waals surface area (Å²) in [6.45, 7) is 4.32. The van der Waals surface area contributed by atoms with E-state index in [0.29, 0.717) is 20.6 Å². The summed E-state index contributed by atoms with van der Waals surface area (Å²) in [4.78, 5) is 28.1. The van der Waals surface area contributed by atoms with Gasteiger partial charge in [0.1, 0.15) is 12.6 Å². The molecule has 0 fully saturated rings. The van der Waals surface area contributed by atoms with Crippen LogP contribution in [0.1, 0.15) is 26.3 Å². The molecule has 0 aliphatic carbocycles. The highest BCUT2D eigenvalue weighted by Gasteiger charge is 2.34. The molecule has 0 saturated carbocycles. The maximum absolute atomic E-state index is 13.9. The van der Waals surface area contributed by atoms with Crippen molar-refractivity contribution in [1.29, 1.82) is 0 Å². The molecule has 208 valence electrons. The number of carbonyl (C=O) groups excluding carboxylic acids is 2. The quantitative estimate of drug-likeness (QED) is 0.279. The molecule has 1 N–H and O–H groups in total. The van der Waals surface area contributed by atoms with E-state index in [2.05, 4.69) is 5.32 Å². The number of hydrogen-bond acceptors (Lipinski definition) is 4. The highest BCUT2D eigenvalue weighted by atomic mass is 35.5. The summed E-state index contributed by atoms with van der Waals surface area (Å²) in [5.41, 5.74) is 0.466. The van der Waals surface area contributed by atoms with Gasteiger partial charge in [0, 0.05) is 33.2 Å². The van der Waals surface area contributed by atoms with Gasteiger partial charge in [0.05, 0.1) is 15.6 Å². The van der Waals surface area contributed by atoms with Gasteiger partial charge in [-0.25, -0.2) is 8.42 Å². The van der Waals surface area contributed by atoms with Gasteiger partial charge in [0.25, 0.3) is 10.0 Å². The third-order valence-electron chi connectivity index (χ3n) is 5.78. The van der Waals surface area contributed by atoms with Crippen molar-refractivity contribution in [1.82, 2.24) is 10.2 Å². The summed E-state index contributed by atoms with van der Waals surface area (Å²) in [5, 5.41) is 3.70. The summed E-state index contributed by atoms with van der Waals surface area (Å²) >= 11 is 25.2. The number of amides is 2. The number of nitrogens with zero attached hydrogens (tertiary/aromatic N) is 2. The maximum Gasteiger partial charge on any atom is 0.264 e. The van der Waals surface area contributed by atoms with Gasteiger partial charge in [-0.15, -0.1) is 0 Å². The van der Waals surface area contributed by atoms with Crippen molar-refractivity contribution in [2.45, 2.75) is 44.3 Å². The third kappa shape index (κ3) is 7.58. The fraction of sp³-hybridized carbons (Fsp3) is 0.259. The zero-order valence-corrected chi connectivity index (χ0v) is 25.2. The standard InChI is InChI=1S/C27H27Cl4N3O4S/c1-17(2)32-27(36)18(3)33(15-21-22(29)10-7-11-23(21)30)26(35)16-34(25-13-12-19(28)14-24(25)31)39(37,38)20-8-5-4-6-9-20/h4-14,17-18H,15-16H2,1-3H3,(H,32,36)/t18-/m1/s1. The molecular weight excluding hydrogens is 604 g/mol. The van der Waals surface area contributed by atoms with Crippen LogP contribution in [0.3, 0.4) is 0 Å². The first-order chi connectivity index (χ1) is 18.3.